The minimum absolute atomic E-state index is 0.0580. The molecule has 1 heterocycles. The molecule has 0 fully saturated rings. The average Bonchev–Trinajstić information content (AvgIpc) is 2.87. The molecule has 1 aromatic heterocycles. The van der Waals surface area contributed by atoms with Gasteiger partial charge in [0.25, 0.3) is 0 Å². The van der Waals surface area contributed by atoms with E-state index in [2.05, 4.69) is 0 Å². The number of thioether (sulfide) groups is 1. The first-order valence-electron chi connectivity index (χ1n) is 5.52. The van der Waals surface area contributed by atoms with Crippen LogP contribution in [0, 0.1) is 0 Å². The van der Waals surface area contributed by atoms with Gasteiger partial charge < -0.3 is 4.42 Å². The van der Waals surface area contributed by atoms with Gasteiger partial charge in [0.2, 0.25) is 5.78 Å². The summed E-state index contributed by atoms with van der Waals surface area (Å²) < 4.78 is 5.45. The number of carbonyl (C=O) groups is 1. The quantitative estimate of drug-likeness (QED) is 0.607. The van der Waals surface area contributed by atoms with Crippen molar-refractivity contribution >= 4 is 17.5 Å². The highest BCUT2D eigenvalue weighted by Gasteiger charge is 2.12. The number of ketones is 1. The van der Waals surface area contributed by atoms with E-state index in [9.17, 15) is 4.79 Å². The van der Waals surface area contributed by atoms with E-state index in [-0.39, 0.29) is 5.78 Å². The van der Waals surface area contributed by atoms with Crippen LogP contribution < -0.4 is 0 Å². The van der Waals surface area contributed by atoms with Crippen molar-refractivity contribution in [2.45, 2.75) is 18.2 Å². The molecule has 0 saturated carbocycles. The SMILES string of the molecule is CCc1ccc(C(=O)c2ccc(SC)cc2)o1. The molecule has 0 bridgehead atoms. The molecule has 2 rings (SSSR count). The van der Waals surface area contributed by atoms with E-state index in [1.807, 2.05) is 43.5 Å². The third-order valence-electron chi connectivity index (χ3n) is 2.59. The molecule has 0 unspecified atom stereocenters. The van der Waals surface area contributed by atoms with Crippen LogP contribution in [0.1, 0.15) is 28.8 Å². The maximum absolute atomic E-state index is 12.1. The van der Waals surface area contributed by atoms with Gasteiger partial charge in [0.1, 0.15) is 5.76 Å². The van der Waals surface area contributed by atoms with Gasteiger partial charge in [-0.25, -0.2) is 0 Å². The number of carbonyl (C=O) groups excluding carboxylic acids is 1. The van der Waals surface area contributed by atoms with Crippen LogP contribution >= 0.6 is 11.8 Å². The summed E-state index contributed by atoms with van der Waals surface area (Å²) in [5, 5.41) is 0. The van der Waals surface area contributed by atoms with E-state index in [0.717, 1.165) is 17.1 Å². The van der Waals surface area contributed by atoms with Gasteiger partial charge in [0.15, 0.2) is 5.76 Å². The summed E-state index contributed by atoms with van der Waals surface area (Å²) in [6.07, 6.45) is 2.82. The lowest BCUT2D eigenvalue weighted by Gasteiger charge is -1.99. The van der Waals surface area contributed by atoms with Crippen LogP contribution in [0.15, 0.2) is 45.7 Å². The summed E-state index contributed by atoms with van der Waals surface area (Å²) in [6.45, 7) is 2.00. The van der Waals surface area contributed by atoms with Gasteiger partial charge in [-0.1, -0.05) is 6.92 Å². The Morgan fingerprint density at radius 2 is 1.88 bits per heavy atom. The number of furan rings is 1. The standard InChI is InChI=1S/C14H14O2S/c1-3-11-6-9-13(16-11)14(15)10-4-7-12(17-2)8-5-10/h4-9H,3H2,1-2H3. The summed E-state index contributed by atoms with van der Waals surface area (Å²) >= 11 is 1.66. The first kappa shape index (κ1) is 12.0. The summed E-state index contributed by atoms with van der Waals surface area (Å²) in [5.74, 6) is 1.20. The zero-order valence-electron chi connectivity index (χ0n) is 9.90. The van der Waals surface area contributed by atoms with Crippen LogP contribution in [0.2, 0.25) is 0 Å². The fourth-order valence-electron chi connectivity index (χ4n) is 1.57. The Labute approximate surface area is 105 Å². The lowest BCUT2D eigenvalue weighted by molar-refractivity contribution is 0.101. The highest BCUT2D eigenvalue weighted by atomic mass is 32.2. The molecule has 88 valence electrons. The van der Waals surface area contributed by atoms with Gasteiger partial charge in [-0.15, -0.1) is 11.8 Å². The van der Waals surface area contributed by atoms with Gasteiger partial charge in [0.05, 0.1) is 0 Å². The number of rotatable bonds is 4. The molecule has 0 spiro atoms. The molecule has 17 heavy (non-hydrogen) atoms. The Hall–Kier alpha value is -1.48. The van der Waals surface area contributed by atoms with Crippen molar-refractivity contribution in [2.24, 2.45) is 0 Å². The second-order valence-electron chi connectivity index (χ2n) is 3.68. The van der Waals surface area contributed by atoms with Crippen LogP contribution in [-0.2, 0) is 6.42 Å². The molecule has 0 aliphatic carbocycles. The van der Waals surface area contributed by atoms with Crippen LogP contribution in [0.3, 0.4) is 0 Å². The van der Waals surface area contributed by atoms with Crippen LogP contribution in [0.5, 0.6) is 0 Å². The Balaban J connectivity index is 2.23. The van der Waals surface area contributed by atoms with Crippen molar-refractivity contribution in [2.75, 3.05) is 6.26 Å². The third kappa shape index (κ3) is 2.61. The van der Waals surface area contributed by atoms with E-state index in [4.69, 9.17) is 4.42 Å². The monoisotopic (exact) mass is 246 g/mol. The van der Waals surface area contributed by atoms with Crippen molar-refractivity contribution in [1.82, 2.24) is 0 Å². The molecule has 0 saturated heterocycles. The third-order valence-corrected chi connectivity index (χ3v) is 3.33. The smallest absolute Gasteiger partial charge is 0.228 e. The topological polar surface area (TPSA) is 30.2 Å². The minimum atomic E-state index is -0.0580. The molecule has 0 radical (unpaired) electrons. The van der Waals surface area contributed by atoms with E-state index < -0.39 is 0 Å². The lowest BCUT2D eigenvalue weighted by atomic mass is 10.1. The molecule has 3 heteroatoms. The number of benzene rings is 1. The van der Waals surface area contributed by atoms with Gasteiger partial charge >= 0.3 is 0 Å². The second-order valence-corrected chi connectivity index (χ2v) is 4.56. The van der Waals surface area contributed by atoms with Crippen LogP contribution in [-0.4, -0.2) is 12.0 Å². The zero-order valence-corrected chi connectivity index (χ0v) is 10.7. The molecular formula is C14H14O2S. The Morgan fingerprint density at radius 3 is 2.41 bits per heavy atom. The van der Waals surface area contributed by atoms with Gasteiger partial charge in [-0.3, -0.25) is 4.79 Å². The number of hydrogen-bond donors (Lipinski definition) is 0. The summed E-state index contributed by atoms with van der Waals surface area (Å²) in [5.41, 5.74) is 0.666. The molecular weight excluding hydrogens is 232 g/mol. The van der Waals surface area contributed by atoms with Crippen molar-refractivity contribution in [3.05, 3.63) is 53.5 Å². The fraction of sp³-hybridized carbons (Fsp3) is 0.214. The van der Waals surface area contributed by atoms with Crippen LogP contribution in [0.4, 0.5) is 0 Å². The second kappa shape index (κ2) is 5.23. The Morgan fingerprint density at radius 1 is 1.18 bits per heavy atom. The zero-order chi connectivity index (χ0) is 12.3. The predicted octanol–water partition coefficient (Wildman–Crippen LogP) is 3.79. The Bertz CT molecular complexity index is 511. The summed E-state index contributed by atoms with van der Waals surface area (Å²) in [7, 11) is 0. The van der Waals surface area contributed by atoms with E-state index in [1.165, 1.54) is 0 Å². The summed E-state index contributed by atoms with van der Waals surface area (Å²) in [4.78, 5) is 13.2. The first-order valence-corrected chi connectivity index (χ1v) is 6.74. The lowest BCUT2D eigenvalue weighted by Crippen LogP contribution is -1.99. The van der Waals surface area contributed by atoms with E-state index in [1.54, 1.807) is 17.8 Å². The fourth-order valence-corrected chi connectivity index (χ4v) is 1.98. The molecule has 2 nitrogen and oxygen atoms in total. The molecule has 0 N–H and O–H groups in total. The van der Waals surface area contributed by atoms with Crippen molar-refractivity contribution < 1.29 is 9.21 Å². The first-order chi connectivity index (χ1) is 8.24. The van der Waals surface area contributed by atoms with Crippen molar-refractivity contribution in [3.8, 4) is 0 Å². The Kier molecular flexibility index (Phi) is 3.69. The molecule has 2 aromatic rings. The highest BCUT2D eigenvalue weighted by molar-refractivity contribution is 7.98. The highest BCUT2D eigenvalue weighted by Crippen LogP contribution is 2.18. The number of hydrogen-bond acceptors (Lipinski definition) is 3. The van der Waals surface area contributed by atoms with Gasteiger partial charge in [-0.2, -0.15) is 0 Å². The largest absolute Gasteiger partial charge is 0.458 e. The number of aryl methyl sites for hydroxylation is 1. The van der Waals surface area contributed by atoms with Gasteiger partial charge in [0, 0.05) is 16.9 Å². The molecule has 0 aliphatic heterocycles. The molecule has 0 atom stereocenters. The molecule has 1 aromatic carbocycles. The normalized spacial score (nSPS) is 10.5. The van der Waals surface area contributed by atoms with Crippen molar-refractivity contribution in [3.63, 3.8) is 0 Å². The maximum atomic E-state index is 12.1. The minimum Gasteiger partial charge on any atom is -0.458 e. The van der Waals surface area contributed by atoms with E-state index >= 15 is 0 Å². The van der Waals surface area contributed by atoms with Gasteiger partial charge in [-0.05, 0) is 42.7 Å². The summed E-state index contributed by atoms with van der Waals surface area (Å²) in [6, 6.07) is 11.2. The molecule has 0 aliphatic rings. The van der Waals surface area contributed by atoms with Crippen molar-refractivity contribution in [1.29, 1.82) is 0 Å². The molecule has 0 amide bonds. The maximum Gasteiger partial charge on any atom is 0.228 e. The predicted molar refractivity (Wildman–Crippen MR) is 69.7 cm³/mol. The van der Waals surface area contributed by atoms with E-state index in [0.29, 0.717) is 11.3 Å². The average molecular weight is 246 g/mol. The van der Waals surface area contributed by atoms with Crippen LogP contribution in [0.25, 0.3) is 0 Å².